The molecule has 6 nitrogen and oxygen atoms in total. The Morgan fingerprint density at radius 2 is 1.50 bits per heavy atom. The number of amides is 2. The molecule has 3 aromatic carbocycles. The maximum atomic E-state index is 13.4. The highest BCUT2D eigenvalue weighted by atomic mass is 16.4. The molecule has 3 aromatic rings. The van der Waals surface area contributed by atoms with Crippen LogP contribution in [-0.2, 0) is 9.59 Å². The van der Waals surface area contributed by atoms with E-state index in [1.165, 1.54) is 0 Å². The van der Waals surface area contributed by atoms with Crippen LogP contribution in [0.1, 0.15) is 41.7 Å². The number of nitrogens with zero attached hydrogens (tertiary/aromatic N) is 2. The van der Waals surface area contributed by atoms with Gasteiger partial charge in [-0.1, -0.05) is 54.6 Å². The molecule has 0 aromatic heterocycles. The third kappa shape index (κ3) is 4.12. The molecule has 1 N–H and O–H groups in total. The molecule has 6 heteroatoms. The fraction of sp³-hybridized carbons (Fsp3) is 0.192. The Morgan fingerprint density at radius 1 is 0.906 bits per heavy atom. The van der Waals surface area contributed by atoms with Gasteiger partial charge in [-0.25, -0.2) is 0 Å². The van der Waals surface area contributed by atoms with Crippen molar-refractivity contribution in [3.63, 3.8) is 0 Å². The summed E-state index contributed by atoms with van der Waals surface area (Å²) in [7, 11) is 0. The summed E-state index contributed by atoms with van der Waals surface area (Å²) in [5.41, 5.74) is 2.77. The van der Waals surface area contributed by atoms with Crippen LogP contribution in [0.25, 0.3) is 0 Å². The third-order valence-corrected chi connectivity index (χ3v) is 5.72. The van der Waals surface area contributed by atoms with Crippen molar-refractivity contribution in [3.8, 4) is 0 Å². The second-order valence-electron chi connectivity index (χ2n) is 7.87. The molecule has 1 aliphatic rings. The first-order chi connectivity index (χ1) is 15.5. The number of aliphatic carboxylic acids is 1. The summed E-state index contributed by atoms with van der Waals surface area (Å²) in [5, 5.41) is 9.27. The molecule has 0 radical (unpaired) electrons. The highest BCUT2D eigenvalue weighted by molar-refractivity contribution is 6.08. The Labute approximate surface area is 186 Å². The predicted octanol–water partition coefficient (Wildman–Crippen LogP) is 4.67. The lowest BCUT2D eigenvalue weighted by Gasteiger charge is -2.43. The Hall–Kier alpha value is -3.93. The van der Waals surface area contributed by atoms with E-state index in [1.54, 1.807) is 34.1 Å². The summed E-state index contributed by atoms with van der Waals surface area (Å²) in [5.74, 6) is -1.76. The monoisotopic (exact) mass is 428 g/mol. The van der Waals surface area contributed by atoms with Crippen LogP contribution in [0.15, 0.2) is 84.9 Å². The molecule has 2 unspecified atom stereocenters. The van der Waals surface area contributed by atoms with Crippen LogP contribution in [0, 0.1) is 0 Å². The first-order valence-electron chi connectivity index (χ1n) is 10.5. The smallest absolute Gasteiger partial charge is 0.312 e. The average molecular weight is 428 g/mol. The largest absolute Gasteiger partial charge is 0.481 e. The van der Waals surface area contributed by atoms with Crippen molar-refractivity contribution in [2.45, 2.75) is 31.8 Å². The number of hydrogen-bond donors (Lipinski definition) is 1. The molecule has 0 saturated heterocycles. The van der Waals surface area contributed by atoms with Crippen molar-refractivity contribution in [2.24, 2.45) is 0 Å². The van der Waals surface area contributed by atoms with Crippen molar-refractivity contribution in [1.82, 2.24) is 0 Å². The number of benzene rings is 3. The zero-order valence-electron chi connectivity index (χ0n) is 17.7. The van der Waals surface area contributed by atoms with E-state index in [-0.39, 0.29) is 11.9 Å². The van der Waals surface area contributed by atoms with E-state index >= 15 is 0 Å². The molecule has 32 heavy (non-hydrogen) atoms. The van der Waals surface area contributed by atoms with Gasteiger partial charge in [-0.3, -0.25) is 14.4 Å². The SMILES string of the molecule is CC1CC(N(C(=O)CC(=O)O)c2ccccc2)c2ccccc2N1C(=O)c1ccccc1. The summed E-state index contributed by atoms with van der Waals surface area (Å²) in [4.78, 5) is 41.1. The second-order valence-corrected chi connectivity index (χ2v) is 7.87. The summed E-state index contributed by atoms with van der Waals surface area (Å²) in [6.45, 7) is 1.95. The Balaban J connectivity index is 1.79. The minimum Gasteiger partial charge on any atom is -0.481 e. The van der Waals surface area contributed by atoms with Gasteiger partial charge in [-0.15, -0.1) is 0 Å². The molecule has 0 bridgehead atoms. The Kier molecular flexibility index (Phi) is 6.03. The van der Waals surface area contributed by atoms with Crippen LogP contribution < -0.4 is 9.80 Å². The predicted molar refractivity (Wildman–Crippen MR) is 123 cm³/mol. The standard InChI is InChI=1S/C26H24N2O4/c1-18-16-23(28(24(29)17-25(30)31)20-12-6-3-7-13-20)21-14-8-9-15-22(21)27(18)26(32)19-10-4-2-5-11-19/h2-15,18,23H,16-17H2,1H3,(H,30,31). The van der Waals surface area contributed by atoms with E-state index in [4.69, 9.17) is 0 Å². The van der Waals surface area contributed by atoms with E-state index in [2.05, 4.69) is 0 Å². The van der Waals surface area contributed by atoms with Crippen LogP contribution >= 0.6 is 0 Å². The van der Waals surface area contributed by atoms with Gasteiger partial charge < -0.3 is 14.9 Å². The number of hydrogen-bond acceptors (Lipinski definition) is 3. The van der Waals surface area contributed by atoms with Crippen LogP contribution in [-0.4, -0.2) is 28.9 Å². The molecule has 2 atom stereocenters. The van der Waals surface area contributed by atoms with Gasteiger partial charge in [-0.05, 0) is 49.2 Å². The first kappa shape index (κ1) is 21.3. The van der Waals surface area contributed by atoms with Crippen molar-refractivity contribution in [1.29, 1.82) is 0 Å². The van der Waals surface area contributed by atoms with Crippen molar-refractivity contribution >= 4 is 29.2 Å². The van der Waals surface area contributed by atoms with E-state index in [0.29, 0.717) is 17.7 Å². The van der Waals surface area contributed by atoms with Crippen molar-refractivity contribution < 1.29 is 19.5 Å². The lowest BCUT2D eigenvalue weighted by molar-refractivity contribution is -0.140. The number of anilines is 2. The number of para-hydroxylation sites is 2. The van der Waals surface area contributed by atoms with Gasteiger partial charge in [0.25, 0.3) is 5.91 Å². The molecule has 2 amide bonds. The molecule has 4 rings (SSSR count). The lowest BCUT2D eigenvalue weighted by atomic mass is 9.89. The Morgan fingerprint density at radius 3 is 2.16 bits per heavy atom. The minimum absolute atomic E-state index is 0.105. The molecule has 0 spiro atoms. The summed E-state index contributed by atoms with van der Waals surface area (Å²) in [6, 6.07) is 25.1. The Bertz CT molecular complexity index is 1130. The van der Waals surface area contributed by atoms with E-state index in [9.17, 15) is 19.5 Å². The zero-order valence-corrected chi connectivity index (χ0v) is 17.7. The van der Waals surface area contributed by atoms with Crippen molar-refractivity contribution in [2.75, 3.05) is 9.80 Å². The summed E-state index contributed by atoms with van der Waals surface area (Å²) >= 11 is 0. The van der Waals surface area contributed by atoms with Crippen molar-refractivity contribution in [3.05, 3.63) is 96.1 Å². The van der Waals surface area contributed by atoms with Gasteiger partial charge in [0.05, 0.1) is 6.04 Å². The molecule has 0 fully saturated rings. The van der Waals surface area contributed by atoms with Gasteiger partial charge in [0.15, 0.2) is 0 Å². The molecule has 162 valence electrons. The van der Waals surface area contributed by atoms with Gasteiger partial charge in [0, 0.05) is 23.0 Å². The number of rotatable bonds is 5. The molecular formula is C26H24N2O4. The molecular weight excluding hydrogens is 404 g/mol. The van der Waals surface area contributed by atoms with Gasteiger partial charge >= 0.3 is 5.97 Å². The summed E-state index contributed by atoms with van der Waals surface area (Å²) < 4.78 is 0. The second kappa shape index (κ2) is 9.06. The lowest BCUT2D eigenvalue weighted by Crippen LogP contribution is -2.48. The molecule has 1 heterocycles. The van der Waals surface area contributed by atoms with Crippen LogP contribution in [0.5, 0.6) is 0 Å². The highest BCUT2D eigenvalue weighted by Gasteiger charge is 2.39. The van der Waals surface area contributed by atoms with Gasteiger partial charge in [-0.2, -0.15) is 0 Å². The van der Waals surface area contributed by atoms with Crippen LogP contribution in [0.4, 0.5) is 11.4 Å². The minimum atomic E-state index is -1.17. The van der Waals surface area contributed by atoms with E-state index in [1.807, 2.05) is 67.6 Å². The fourth-order valence-corrected chi connectivity index (χ4v) is 4.36. The quantitative estimate of drug-likeness (QED) is 0.599. The number of carbonyl (C=O) groups excluding carboxylic acids is 2. The topological polar surface area (TPSA) is 77.9 Å². The maximum Gasteiger partial charge on any atom is 0.312 e. The number of fused-ring (bicyclic) bond motifs is 1. The van der Waals surface area contributed by atoms with Crippen LogP contribution in [0.3, 0.4) is 0 Å². The highest BCUT2D eigenvalue weighted by Crippen LogP contribution is 2.42. The zero-order chi connectivity index (χ0) is 22.7. The van der Waals surface area contributed by atoms with Crippen LogP contribution in [0.2, 0.25) is 0 Å². The number of carboxylic acids is 1. The first-order valence-corrected chi connectivity index (χ1v) is 10.5. The molecule has 0 saturated carbocycles. The summed E-state index contributed by atoms with van der Waals surface area (Å²) in [6.07, 6.45) is -0.121. The third-order valence-electron chi connectivity index (χ3n) is 5.72. The number of carboxylic acid groups (broad SMARTS) is 1. The van der Waals surface area contributed by atoms with Gasteiger partial charge in [0.2, 0.25) is 5.91 Å². The van der Waals surface area contributed by atoms with E-state index < -0.39 is 24.3 Å². The maximum absolute atomic E-state index is 13.4. The molecule has 0 aliphatic carbocycles. The molecule has 1 aliphatic heterocycles. The van der Waals surface area contributed by atoms with Gasteiger partial charge in [0.1, 0.15) is 6.42 Å². The number of carbonyl (C=O) groups is 3. The average Bonchev–Trinajstić information content (AvgIpc) is 2.80. The fourth-order valence-electron chi connectivity index (χ4n) is 4.36. The van der Waals surface area contributed by atoms with E-state index in [0.717, 1.165) is 11.3 Å². The normalized spacial score (nSPS) is 17.3.